The van der Waals surface area contributed by atoms with Crippen molar-refractivity contribution < 1.29 is 18.4 Å². The van der Waals surface area contributed by atoms with E-state index in [0.717, 1.165) is 12.5 Å². The standard InChI is InChI=1S/C17H17F2N3O3/c1-25-17-9-12(3-5-16(17)22(23)24)20-13-6-7-21(10-13)15-4-2-11(18)8-14(15)19/h2-5,8-9,13,20H,6-7,10H2,1H3. The molecule has 1 aliphatic heterocycles. The Hall–Kier alpha value is -2.90. The van der Waals surface area contributed by atoms with Crippen molar-refractivity contribution in [3.63, 3.8) is 0 Å². The van der Waals surface area contributed by atoms with Gasteiger partial charge in [-0.25, -0.2) is 8.78 Å². The van der Waals surface area contributed by atoms with Crippen LogP contribution in [-0.2, 0) is 0 Å². The van der Waals surface area contributed by atoms with Gasteiger partial charge in [-0.15, -0.1) is 0 Å². The highest BCUT2D eigenvalue weighted by molar-refractivity contribution is 5.59. The highest BCUT2D eigenvalue weighted by atomic mass is 19.1. The first-order chi connectivity index (χ1) is 12.0. The fourth-order valence-electron chi connectivity index (χ4n) is 2.99. The van der Waals surface area contributed by atoms with Gasteiger partial charge in [0.2, 0.25) is 0 Å². The number of rotatable bonds is 5. The Balaban J connectivity index is 1.70. The number of nitrogens with zero attached hydrogens (tertiary/aromatic N) is 2. The molecule has 132 valence electrons. The average molecular weight is 349 g/mol. The van der Waals surface area contributed by atoms with Gasteiger partial charge in [-0.05, 0) is 24.6 Å². The van der Waals surface area contributed by atoms with E-state index in [1.165, 1.54) is 25.3 Å². The Bertz CT molecular complexity index is 801. The number of ether oxygens (including phenoxy) is 1. The summed E-state index contributed by atoms with van der Waals surface area (Å²) < 4.78 is 32.0. The summed E-state index contributed by atoms with van der Waals surface area (Å²) >= 11 is 0. The molecule has 1 saturated heterocycles. The maximum atomic E-state index is 13.9. The van der Waals surface area contributed by atoms with Gasteiger partial charge in [-0.2, -0.15) is 0 Å². The van der Waals surface area contributed by atoms with E-state index in [9.17, 15) is 18.9 Å². The first kappa shape index (κ1) is 16.9. The van der Waals surface area contributed by atoms with Gasteiger partial charge >= 0.3 is 5.69 Å². The van der Waals surface area contributed by atoms with E-state index in [0.29, 0.717) is 24.5 Å². The lowest BCUT2D eigenvalue weighted by atomic mass is 10.2. The number of anilines is 2. The van der Waals surface area contributed by atoms with Crippen LogP contribution in [0.3, 0.4) is 0 Å². The molecule has 2 aromatic carbocycles. The van der Waals surface area contributed by atoms with Crippen LogP contribution in [0.5, 0.6) is 5.75 Å². The van der Waals surface area contributed by atoms with Gasteiger partial charge in [0.05, 0.1) is 17.7 Å². The zero-order valence-corrected chi connectivity index (χ0v) is 13.5. The summed E-state index contributed by atoms with van der Waals surface area (Å²) in [6, 6.07) is 8.14. The first-order valence-electron chi connectivity index (χ1n) is 7.77. The number of halogens is 2. The molecule has 1 unspecified atom stereocenters. The fourth-order valence-corrected chi connectivity index (χ4v) is 2.99. The Kier molecular flexibility index (Phi) is 4.69. The fraction of sp³-hybridized carbons (Fsp3) is 0.294. The van der Waals surface area contributed by atoms with Crippen LogP contribution >= 0.6 is 0 Å². The van der Waals surface area contributed by atoms with Crippen LogP contribution in [0.15, 0.2) is 36.4 Å². The molecule has 8 heteroatoms. The Labute approximate surface area is 143 Å². The topological polar surface area (TPSA) is 67.6 Å². The molecule has 1 heterocycles. The van der Waals surface area contributed by atoms with Gasteiger partial charge in [0.25, 0.3) is 0 Å². The Morgan fingerprint density at radius 2 is 2.08 bits per heavy atom. The second-order valence-corrected chi connectivity index (χ2v) is 5.82. The maximum Gasteiger partial charge on any atom is 0.311 e. The number of nitro benzene ring substituents is 1. The number of hydrogen-bond acceptors (Lipinski definition) is 5. The third-order valence-corrected chi connectivity index (χ3v) is 4.19. The predicted octanol–water partition coefficient (Wildman–Crippen LogP) is 3.57. The monoisotopic (exact) mass is 349 g/mol. The second-order valence-electron chi connectivity index (χ2n) is 5.82. The number of hydrogen-bond donors (Lipinski definition) is 1. The van der Waals surface area contributed by atoms with Crippen molar-refractivity contribution in [3.8, 4) is 5.75 Å². The third-order valence-electron chi connectivity index (χ3n) is 4.19. The minimum absolute atomic E-state index is 0.0376. The molecule has 0 bridgehead atoms. The van der Waals surface area contributed by atoms with Crippen molar-refractivity contribution in [2.75, 3.05) is 30.4 Å². The molecule has 6 nitrogen and oxygen atoms in total. The smallest absolute Gasteiger partial charge is 0.311 e. The molecule has 0 radical (unpaired) electrons. The van der Waals surface area contributed by atoms with Crippen molar-refractivity contribution >= 4 is 17.1 Å². The first-order valence-corrected chi connectivity index (χ1v) is 7.77. The molecular weight excluding hydrogens is 332 g/mol. The molecule has 2 aromatic rings. The number of methoxy groups -OCH3 is 1. The summed E-state index contributed by atoms with van der Waals surface area (Å²) in [6.45, 7) is 1.17. The average Bonchev–Trinajstić information content (AvgIpc) is 3.02. The van der Waals surface area contributed by atoms with E-state index in [-0.39, 0.29) is 17.5 Å². The van der Waals surface area contributed by atoms with Gasteiger partial charge in [0.1, 0.15) is 11.6 Å². The lowest BCUT2D eigenvalue weighted by Gasteiger charge is -2.20. The van der Waals surface area contributed by atoms with Gasteiger partial charge < -0.3 is 15.0 Å². The molecule has 0 amide bonds. The molecule has 25 heavy (non-hydrogen) atoms. The SMILES string of the molecule is COc1cc(NC2CCN(c3ccc(F)cc3F)C2)ccc1[N+](=O)[O-]. The third kappa shape index (κ3) is 3.62. The normalized spacial score (nSPS) is 16.8. The summed E-state index contributed by atoms with van der Waals surface area (Å²) in [5, 5.41) is 14.2. The summed E-state index contributed by atoms with van der Waals surface area (Å²) in [5.41, 5.74) is 0.954. The number of nitro groups is 1. The largest absolute Gasteiger partial charge is 0.490 e. The van der Waals surface area contributed by atoms with Gasteiger partial charge in [0.15, 0.2) is 5.75 Å². The highest BCUT2D eigenvalue weighted by Crippen LogP contribution is 2.31. The van der Waals surface area contributed by atoms with E-state index in [1.54, 1.807) is 12.1 Å². The Morgan fingerprint density at radius 1 is 1.28 bits per heavy atom. The number of nitrogens with one attached hydrogen (secondary N) is 1. The van der Waals surface area contributed by atoms with Crippen molar-refractivity contribution in [2.45, 2.75) is 12.5 Å². The van der Waals surface area contributed by atoms with E-state index in [1.807, 2.05) is 4.90 Å². The van der Waals surface area contributed by atoms with Crippen LogP contribution in [0.25, 0.3) is 0 Å². The van der Waals surface area contributed by atoms with Gasteiger partial charge in [-0.1, -0.05) is 0 Å². The molecule has 1 N–H and O–H groups in total. The van der Waals surface area contributed by atoms with Crippen LogP contribution < -0.4 is 15.0 Å². The molecule has 3 rings (SSSR count). The highest BCUT2D eigenvalue weighted by Gasteiger charge is 2.25. The van der Waals surface area contributed by atoms with Crippen LogP contribution in [0.1, 0.15) is 6.42 Å². The molecule has 0 spiro atoms. The zero-order valence-electron chi connectivity index (χ0n) is 13.5. The second kappa shape index (κ2) is 6.92. The quantitative estimate of drug-likeness (QED) is 0.660. The maximum absolute atomic E-state index is 13.9. The van der Waals surface area contributed by atoms with Crippen molar-refractivity contribution in [2.24, 2.45) is 0 Å². The van der Waals surface area contributed by atoms with Gasteiger partial charge in [0, 0.05) is 43.0 Å². The molecule has 0 aliphatic carbocycles. The minimum Gasteiger partial charge on any atom is -0.490 e. The van der Waals surface area contributed by atoms with Crippen LogP contribution in [0.2, 0.25) is 0 Å². The van der Waals surface area contributed by atoms with Crippen molar-refractivity contribution in [1.82, 2.24) is 0 Å². The zero-order chi connectivity index (χ0) is 18.0. The molecule has 1 atom stereocenters. The number of benzene rings is 2. The summed E-state index contributed by atoms with van der Waals surface area (Å²) in [4.78, 5) is 12.3. The Morgan fingerprint density at radius 3 is 2.76 bits per heavy atom. The lowest BCUT2D eigenvalue weighted by molar-refractivity contribution is -0.385. The lowest BCUT2D eigenvalue weighted by Crippen LogP contribution is -2.26. The summed E-state index contributed by atoms with van der Waals surface area (Å²) in [6.07, 6.45) is 0.760. The molecule has 1 fully saturated rings. The van der Waals surface area contributed by atoms with E-state index in [2.05, 4.69) is 5.32 Å². The summed E-state index contributed by atoms with van der Waals surface area (Å²) in [7, 11) is 1.38. The van der Waals surface area contributed by atoms with Crippen LogP contribution in [0, 0.1) is 21.7 Å². The predicted molar refractivity (Wildman–Crippen MR) is 90.2 cm³/mol. The summed E-state index contributed by atoms with van der Waals surface area (Å²) in [5.74, 6) is -1.01. The minimum atomic E-state index is -0.604. The van der Waals surface area contributed by atoms with Gasteiger partial charge in [-0.3, -0.25) is 10.1 Å². The van der Waals surface area contributed by atoms with E-state index in [4.69, 9.17) is 4.74 Å². The van der Waals surface area contributed by atoms with Crippen LogP contribution in [0.4, 0.5) is 25.8 Å². The molecule has 0 aromatic heterocycles. The molecule has 1 aliphatic rings. The van der Waals surface area contributed by atoms with E-state index >= 15 is 0 Å². The van der Waals surface area contributed by atoms with E-state index < -0.39 is 16.6 Å². The molecule has 0 saturated carbocycles. The molecular formula is C17H17F2N3O3. The van der Waals surface area contributed by atoms with Crippen molar-refractivity contribution in [3.05, 3.63) is 58.1 Å². The van der Waals surface area contributed by atoms with Crippen LogP contribution in [-0.4, -0.2) is 31.2 Å². The van der Waals surface area contributed by atoms with Crippen molar-refractivity contribution in [1.29, 1.82) is 0 Å².